The van der Waals surface area contributed by atoms with Crippen LogP contribution in [0, 0.1) is 4.77 Å². The van der Waals surface area contributed by atoms with Crippen molar-refractivity contribution in [3.05, 3.63) is 71.0 Å². The Morgan fingerprint density at radius 1 is 1.14 bits per heavy atom. The van der Waals surface area contributed by atoms with Crippen molar-refractivity contribution in [2.24, 2.45) is 5.10 Å². The van der Waals surface area contributed by atoms with Crippen LogP contribution >= 0.6 is 12.2 Å². The fourth-order valence-corrected chi connectivity index (χ4v) is 3.17. The van der Waals surface area contributed by atoms with Crippen molar-refractivity contribution in [3.63, 3.8) is 0 Å². The second-order valence-electron chi connectivity index (χ2n) is 6.09. The molecule has 4 aromatic rings. The molecule has 0 fully saturated rings. The van der Waals surface area contributed by atoms with Gasteiger partial charge in [-0.1, -0.05) is 30.3 Å². The maximum atomic E-state index is 10.3. The van der Waals surface area contributed by atoms with Crippen molar-refractivity contribution in [2.45, 2.75) is 6.92 Å². The predicted molar refractivity (Wildman–Crippen MR) is 113 cm³/mol. The third kappa shape index (κ3) is 3.39. The van der Waals surface area contributed by atoms with E-state index in [0.717, 1.165) is 22.1 Å². The summed E-state index contributed by atoms with van der Waals surface area (Å²) in [4.78, 5) is 0. The molecule has 1 aromatic heterocycles. The molecule has 6 nitrogen and oxygen atoms in total. The molecular formula is C21H18N4O2S. The topological polar surface area (TPSA) is 75.4 Å². The fourth-order valence-electron chi connectivity index (χ4n) is 2.99. The highest BCUT2D eigenvalue weighted by atomic mass is 32.1. The first-order valence-electron chi connectivity index (χ1n) is 8.83. The molecule has 3 aromatic carbocycles. The smallest absolute Gasteiger partial charge is 0.216 e. The second kappa shape index (κ2) is 7.66. The van der Waals surface area contributed by atoms with Crippen LogP contribution in [0.1, 0.15) is 12.5 Å². The van der Waals surface area contributed by atoms with Crippen molar-refractivity contribution in [3.8, 4) is 22.9 Å². The van der Waals surface area contributed by atoms with Gasteiger partial charge in [0.05, 0.1) is 12.8 Å². The number of phenolic OH excluding ortho intramolecular Hbond substituents is 1. The quantitative estimate of drug-likeness (QED) is 0.381. The van der Waals surface area contributed by atoms with E-state index in [2.05, 4.69) is 15.3 Å². The number of H-pyrrole nitrogens is 1. The molecule has 0 bridgehead atoms. The van der Waals surface area contributed by atoms with E-state index >= 15 is 0 Å². The second-order valence-corrected chi connectivity index (χ2v) is 6.47. The molecule has 0 unspecified atom stereocenters. The highest BCUT2D eigenvalue weighted by Gasteiger charge is 2.10. The lowest BCUT2D eigenvalue weighted by Gasteiger charge is -2.06. The van der Waals surface area contributed by atoms with Gasteiger partial charge in [-0.25, -0.2) is 5.10 Å². The van der Waals surface area contributed by atoms with Gasteiger partial charge in [0.25, 0.3) is 0 Å². The number of nitrogens with one attached hydrogen (secondary N) is 1. The van der Waals surface area contributed by atoms with E-state index in [1.54, 1.807) is 12.3 Å². The first-order valence-corrected chi connectivity index (χ1v) is 9.24. The molecule has 28 heavy (non-hydrogen) atoms. The average Bonchev–Trinajstić information content (AvgIpc) is 3.08. The van der Waals surface area contributed by atoms with Gasteiger partial charge in [-0.2, -0.15) is 14.9 Å². The third-order valence-electron chi connectivity index (χ3n) is 4.32. The number of phenols is 1. The number of fused-ring (bicyclic) bond motifs is 1. The van der Waals surface area contributed by atoms with Crippen LogP contribution in [0.5, 0.6) is 11.5 Å². The molecule has 0 aliphatic rings. The maximum Gasteiger partial charge on any atom is 0.216 e. The van der Waals surface area contributed by atoms with Gasteiger partial charge >= 0.3 is 0 Å². The monoisotopic (exact) mass is 390 g/mol. The lowest BCUT2D eigenvalue weighted by Crippen LogP contribution is -1.96. The molecule has 0 aliphatic carbocycles. The third-order valence-corrected chi connectivity index (χ3v) is 4.59. The van der Waals surface area contributed by atoms with Crippen molar-refractivity contribution in [1.82, 2.24) is 14.9 Å². The van der Waals surface area contributed by atoms with Gasteiger partial charge in [0.15, 0.2) is 5.82 Å². The first-order chi connectivity index (χ1) is 13.7. The molecule has 4 rings (SSSR count). The highest BCUT2D eigenvalue weighted by Crippen LogP contribution is 2.26. The summed E-state index contributed by atoms with van der Waals surface area (Å²) < 4.78 is 7.37. The Morgan fingerprint density at radius 3 is 2.71 bits per heavy atom. The summed E-state index contributed by atoms with van der Waals surface area (Å²) in [5, 5.41) is 23.8. The molecule has 0 saturated heterocycles. The number of hydrogen-bond acceptors (Lipinski definition) is 5. The summed E-state index contributed by atoms with van der Waals surface area (Å²) >= 11 is 5.33. The number of rotatable bonds is 5. The Bertz CT molecular complexity index is 1210. The van der Waals surface area contributed by atoms with Gasteiger partial charge in [-0.15, -0.1) is 0 Å². The standard InChI is InChI=1S/C21H18N4O2S/c1-2-27-16-10-7-15(8-11-16)20-23-24-21(28)25(20)22-13-18-17-6-4-3-5-14(17)9-12-19(18)26/h3-13,26H,2H2,1H3,(H,24,28). The van der Waals surface area contributed by atoms with Crippen LogP contribution in [-0.2, 0) is 0 Å². The van der Waals surface area contributed by atoms with E-state index < -0.39 is 0 Å². The van der Waals surface area contributed by atoms with E-state index in [4.69, 9.17) is 17.0 Å². The molecule has 7 heteroatoms. The number of aromatic hydroxyl groups is 1. The summed E-state index contributed by atoms with van der Waals surface area (Å²) in [5.74, 6) is 1.51. The van der Waals surface area contributed by atoms with Gasteiger partial charge in [0, 0.05) is 11.1 Å². The fraction of sp³-hybridized carbons (Fsp3) is 0.0952. The predicted octanol–water partition coefficient (Wildman–Crippen LogP) is 4.75. The Hall–Kier alpha value is -3.45. The van der Waals surface area contributed by atoms with Crippen LogP contribution in [0.15, 0.2) is 65.8 Å². The van der Waals surface area contributed by atoms with Gasteiger partial charge < -0.3 is 9.84 Å². The minimum atomic E-state index is 0.153. The van der Waals surface area contributed by atoms with Crippen LogP contribution in [0.25, 0.3) is 22.2 Å². The molecular weight excluding hydrogens is 372 g/mol. The summed E-state index contributed by atoms with van der Waals surface area (Å²) in [5.41, 5.74) is 1.47. The van der Waals surface area contributed by atoms with Crippen LogP contribution in [-0.4, -0.2) is 32.8 Å². The maximum absolute atomic E-state index is 10.3. The van der Waals surface area contributed by atoms with Gasteiger partial charge in [-0.05, 0) is 60.2 Å². The van der Waals surface area contributed by atoms with E-state index in [1.165, 1.54) is 4.68 Å². The lowest BCUT2D eigenvalue weighted by molar-refractivity contribution is 0.340. The molecule has 0 atom stereocenters. The number of aromatic nitrogens is 3. The summed E-state index contributed by atoms with van der Waals surface area (Å²) in [6.45, 7) is 2.55. The Morgan fingerprint density at radius 2 is 1.93 bits per heavy atom. The Balaban J connectivity index is 1.75. The van der Waals surface area contributed by atoms with Crippen molar-refractivity contribution in [1.29, 1.82) is 0 Å². The van der Waals surface area contributed by atoms with Crippen molar-refractivity contribution >= 4 is 29.2 Å². The first kappa shape index (κ1) is 17.9. The number of ether oxygens (including phenoxy) is 1. The SMILES string of the molecule is CCOc1ccc(-c2n[nH]c(=S)n2N=Cc2c(O)ccc3ccccc23)cc1. The van der Waals surface area contributed by atoms with Crippen molar-refractivity contribution < 1.29 is 9.84 Å². The largest absolute Gasteiger partial charge is 0.507 e. The minimum Gasteiger partial charge on any atom is -0.507 e. The Labute approximate surface area is 166 Å². The number of benzene rings is 3. The number of hydrogen-bond donors (Lipinski definition) is 2. The average molecular weight is 390 g/mol. The molecule has 0 radical (unpaired) electrons. The van der Waals surface area contributed by atoms with Gasteiger partial charge in [-0.3, -0.25) is 0 Å². The number of nitrogens with zero attached hydrogens (tertiary/aromatic N) is 3. The molecule has 0 amide bonds. The highest BCUT2D eigenvalue weighted by molar-refractivity contribution is 7.71. The molecule has 0 saturated carbocycles. The Kier molecular flexibility index (Phi) is 4.90. The zero-order valence-corrected chi connectivity index (χ0v) is 16.0. The molecule has 140 valence electrons. The number of aromatic amines is 1. The lowest BCUT2D eigenvalue weighted by atomic mass is 10.0. The van der Waals surface area contributed by atoms with Crippen LogP contribution in [0.3, 0.4) is 0 Å². The minimum absolute atomic E-state index is 0.153. The van der Waals surface area contributed by atoms with Crippen LogP contribution < -0.4 is 4.74 Å². The molecule has 0 spiro atoms. The normalized spacial score (nSPS) is 11.3. The van der Waals surface area contributed by atoms with E-state index in [-0.39, 0.29) is 5.75 Å². The molecule has 0 aliphatic heterocycles. The summed E-state index contributed by atoms with van der Waals surface area (Å²) in [6, 6.07) is 18.9. The van der Waals surface area contributed by atoms with Crippen molar-refractivity contribution in [2.75, 3.05) is 6.61 Å². The zero-order chi connectivity index (χ0) is 19.5. The van der Waals surface area contributed by atoms with E-state index in [1.807, 2.05) is 61.5 Å². The van der Waals surface area contributed by atoms with Crippen LogP contribution in [0.4, 0.5) is 0 Å². The van der Waals surface area contributed by atoms with Gasteiger partial charge in [0.2, 0.25) is 4.77 Å². The van der Waals surface area contributed by atoms with E-state index in [9.17, 15) is 5.11 Å². The zero-order valence-electron chi connectivity index (χ0n) is 15.2. The van der Waals surface area contributed by atoms with Gasteiger partial charge in [0.1, 0.15) is 11.5 Å². The summed E-state index contributed by atoms with van der Waals surface area (Å²) in [6.07, 6.45) is 1.60. The molecule has 1 heterocycles. The molecule has 2 N–H and O–H groups in total. The van der Waals surface area contributed by atoms with Crippen LogP contribution in [0.2, 0.25) is 0 Å². The van der Waals surface area contributed by atoms with E-state index in [0.29, 0.717) is 22.8 Å². The summed E-state index contributed by atoms with van der Waals surface area (Å²) in [7, 11) is 0.